The molecule has 92 valence electrons. The number of nitriles is 3. The van der Waals surface area contributed by atoms with E-state index in [2.05, 4.69) is 5.32 Å². The highest BCUT2D eigenvalue weighted by molar-refractivity contribution is 5.66. The van der Waals surface area contributed by atoms with Crippen LogP contribution in [0.5, 0.6) is 5.75 Å². The van der Waals surface area contributed by atoms with Gasteiger partial charge in [0.25, 0.3) is 5.69 Å². The molecule has 0 radical (unpaired) electrons. The first-order valence-electron chi connectivity index (χ1n) is 4.72. The number of hydrogen-bond donors (Lipinski definition) is 2. The molecule has 0 aliphatic carbocycles. The second-order valence-corrected chi connectivity index (χ2v) is 3.17. The molecule has 0 fully saturated rings. The zero-order chi connectivity index (χ0) is 14.4. The van der Waals surface area contributed by atoms with Crippen molar-refractivity contribution >= 4 is 11.4 Å². The Morgan fingerprint density at radius 2 is 1.89 bits per heavy atom. The number of aromatic hydroxyl groups is 1. The standard InChI is InChI=1S/C11H5N5O3/c12-4-7(5-13)10(6-14)15-9-3-8(16(18)19)1-2-11(9)17/h1-3,15,17H. The Kier molecular flexibility index (Phi) is 4.03. The fourth-order valence-electron chi connectivity index (χ4n) is 1.16. The van der Waals surface area contributed by atoms with E-state index in [1.807, 2.05) is 0 Å². The number of rotatable bonds is 3. The van der Waals surface area contributed by atoms with Crippen molar-refractivity contribution in [3.8, 4) is 24.0 Å². The number of phenolic OH excluding ortho intramolecular Hbond substituents is 1. The lowest BCUT2D eigenvalue weighted by Crippen LogP contribution is -2.01. The molecule has 8 heteroatoms. The van der Waals surface area contributed by atoms with Gasteiger partial charge in [0.05, 0.1) is 10.6 Å². The normalized spacial score (nSPS) is 8.47. The van der Waals surface area contributed by atoms with Crippen LogP contribution in [0.2, 0.25) is 0 Å². The maximum atomic E-state index is 10.6. The first-order valence-corrected chi connectivity index (χ1v) is 4.72. The van der Waals surface area contributed by atoms with E-state index >= 15 is 0 Å². The molecule has 8 nitrogen and oxygen atoms in total. The van der Waals surface area contributed by atoms with Gasteiger partial charge in [-0.1, -0.05) is 0 Å². The van der Waals surface area contributed by atoms with Gasteiger partial charge in [0.15, 0.2) is 5.57 Å². The number of nitro benzene ring substituents is 1. The SMILES string of the molecule is N#CC(C#N)=C(C#N)Nc1cc([N+](=O)[O-])ccc1O. The highest BCUT2D eigenvalue weighted by Crippen LogP contribution is 2.29. The molecular weight excluding hydrogens is 250 g/mol. The van der Waals surface area contributed by atoms with Crippen LogP contribution in [0.15, 0.2) is 29.5 Å². The van der Waals surface area contributed by atoms with Gasteiger partial charge in [0, 0.05) is 12.1 Å². The van der Waals surface area contributed by atoms with Crippen molar-refractivity contribution in [3.05, 3.63) is 39.6 Å². The first-order chi connectivity index (χ1) is 9.03. The second kappa shape index (κ2) is 5.67. The molecule has 0 saturated carbocycles. The summed E-state index contributed by atoms with van der Waals surface area (Å²) in [7, 11) is 0. The van der Waals surface area contributed by atoms with Gasteiger partial charge in [-0.25, -0.2) is 0 Å². The summed E-state index contributed by atoms with van der Waals surface area (Å²) < 4.78 is 0. The Morgan fingerprint density at radius 3 is 2.37 bits per heavy atom. The quantitative estimate of drug-likeness (QED) is 0.360. The fourth-order valence-corrected chi connectivity index (χ4v) is 1.16. The third-order valence-electron chi connectivity index (χ3n) is 2.04. The van der Waals surface area contributed by atoms with E-state index in [1.165, 1.54) is 12.1 Å². The van der Waals surface area contributed by atoms with Crippen LogP contribution < -0.4 is 5.32 Å². The molecule has 1 rings (SSSR count). The fraction of sp³-hybridized carbons (Fsp3) is 0. The molecule has 0 aliphatic heterocycles. The van der Waals surface area contributed by atoms with Crippen LogP contribution in [0, 0.1) is 44.1 Å². The van der Waals surface area contributed by atoms with Crippen molar-refractivity contribution < 1.29 is 10.0 Å². The van der Waals surface area contributed by atoms with Crippen molar-refractivity contribution in [1.82, 2.24) is 0 Å². The molecule has 0 saturated heterocycles. The molecule has 0 heterocycles. The molecule has 2 N–H and O–H groups in total. The summed E-state index contributed by atoms with van der Waals surface area (Å²) in [6.07, 6.45) is 0. The minimum atomic E-state index is -0.685. The summed E-state index contributed by atoms with van der Waals surface area (Å²) in [6, 6.07) is 7.69. The van der Waals surface area contributed by atoms with Gasteiger partial charge in [0.1, 0.15) is 29.7 Å². The molecule has 0 aliphatic rings. The second-order valence-electron chi connectivity index (χ2n) is 3.17. The lowest BCUT2D eigenvalue weighted by Gasteiger charge is -2.06. The molecular formula is C11H5N5O3. The Hall–Kier alpha value is -3.57. The molecule has 0 unspecified atom stereocenters. The number of benzene rings is 1. The van der Waals surface area contributed by atoms with Crippen LogP contribution in [0.1, 0.15) is 0 Å². The molecule has 0 atom stereocenters. The minimum Gasteiger partial charge on any atom is -0.506 e. The van der Waals surface area contributed by atoms with Gasteiger partial charge in [-0.2, -0.15) is 15.8 Å². The third kappa shape index (κ3) is 2.96. The molecule has 19 heavy (non-hydrogen) atoms. The van der Waals surface area contributed by atoms with Crippen LogP contribution in [0.25, 0.3) is 0 Å². The summed E-state index contributed by atoms with van der Waals surface area (Å²) in [5.74, 6) is -0.353. The van der Waals surface area contributed by atoms with Gasteiger partial charge in [-0.05, 0) is 6.07 Å². The van der Waals surface area contributed by atoms with Gasteiger partial charge in [-0.15, -0.1) is 0 Å². The van der Waals surface area contributed by atoms with E-state index in [0.717, 1.165) is 18.2 Å². The number of allylic oxidation sites excluding steroid dienone is 2. The lowest BCUT2D eigenvalue weighted by atomic mass is 10.2. The molecule has 0 amide bonds. The highest BCUT2D eigenvalue weighted by atomic mass is 16.6. The van der Waals surface area contributed by atoms with Gasteiger partial charge < -0.3 is 10.4 Å². The van der Waals surface area contributed by atoms with E-state index in [1.54, 1.807) is 6.07 Å². The Morgan fingerprint density at radius 1 is 1.26 bits per heavy atom. The van der Waals surface area contributed by atoms with E-state index in [4.69, 9.17) is 15.8 Å². The number of non-ortho nitro benzene ring substituents is 1. The van der Waals surface area contributed by atoms with Crippen molar-refractivity contribution in [2.24, 2.45) is 0 Å². The van der Waals surface area contributed by atoms with E-state index in [0.29, 0.717) is 0 Å². The van der Waals surface area contributed by atoms with E-state index in [-0.39, 0.29) is 17.1 Å². The predicted octanol–water partition coefficient (Wildman–Crippen LogP) is 1.54. The van der Waals surface area contributed by atoms with Crippen molar-refractivity contribution in [3.63, 3.8) is 0 Å². The number of hydrogen-bond acceptors (Lipinski definition) is 7. The summed E-state index contributed by atoms with van der Waals surface area (Å²) in [5, 5.41) is 48.5. The largest absolute Gasteiger partial charge is 0.506 e. The topological polar surface area (TPSA) is 147 Å². The summed E-state index contributed by atoms with van der Waals surface area (Å²) in [6.45, 7) is 0. The smallest absolute Gasteiger partial charge is 0.271 e. The molecule has 1 aromatic rings. The number of nitrogens with zero attached hydrogens (tertiary/aromatic N) is 4. The van der Waals surface area contributed by atoms with Crippen LogP contribution >= 0.6 is 0 Å². The molecule has 0 aromatic heterocycles. The minimum absolute atomic E-state index is 0.145. The number of nitrogens with one attached hydrogen (secondary N) is 1. The highest BCUT2D eigenvalue weighted by Gasteiger charge is 2.13. The van der Waals surface area contributed by atoms with Crippen LogP contribution in [-0.2, 0) is 0 Å². The van der Waals surface area contributed by atoms with E-state index < -0.39 is 16.2 Å². The van der Waals surface area contributed by atoms with Crippen LogP contribution in [0.4, 0.5) is 11.4 Å². The number of phenols is 1. The average Bonchev–Trinajstić information content (AvgIpc) is 2.40. The van der Waals surface area contributed by atoms with Crippen molar-refractivity contribution in [2.45, 2.75) is 0 Å². The van der Waals surface area contributed by atoms with Crippen molar-refractivity contribution in [2.75, 3.05) is 5.32 Å². The lowest BCUT2D eigenvalue weighted by molar-refractivity contribution is -0.384. The molecule has 0 spiro atoms. The average molecular weight is 255 g/mol. The van der Waals surface area contributed by atoms with Gasteiger partial charge in [0.2, 0.25) is 0 Å². The Labute approximate surface area is 107 Å². The molecule has 0 bridgehead atoms. The maximum absolute atomic E-state index is 10.6. The van der Waals surface area contributed by atoms with Gasteiger partial charge in [-0.3, -0.25) is 10.1 Å². The predicted molar refractivity (Wildman–Crippen MR) is 62.2 cm³/mol. The third-order valence-corrected chi connectivity index (χ3v) is 2.04. The van der Waals surface area contributed by atoms with Gasteiger partial charge >= 0.3 is 0 Å². The Balaban J connectivity index is 3.27. The maximum Gasteiger partial charge on any atom is 0.271 e. The van der Waals surface area contributed by atoms with Crippen molar-refractivity contribution in [1.29, 1.82) is 15.8 Å². The summed E-state index contributed by atoms with van der Waals surface area (Å²) in [4.78, 5) is 9.90. The number of nitro groups is 1. The zero-order valence-electron chi connectivity index (χ0n) is 9.28. The molecule has 1 aromatic carbocycles. The Bertz CT molecular complexity index is 672. The summed E-state index contributed by atoms with van der Waals surface area (Å²) >= 11 is 0. The first kappa shape index (κ1) is 13.5. The zero-order valence-corrected chi connectivity index (χ0v) is 9.28. The number of anilines is 1. The monoisotopic (exact) mass is 255 g/mol. The van der Waals surface area contributed by atoms with Crippen LogP contribution in [0.3, 0.4) is 0 Å². The summed E-state index contributed by atoms with van der Waals surface area (Å²) in [5.41, 5.74) is -1.35. The van der Waals surface area contributed by atoms with Crippen LogP contribution in [-0.4, -0.2) is 10.0 Å². The van der Waals surface area contributed by atoms with E-state index in [9.17, 15) is 15.2 Å².